The van der Waals surface area contributed by atoms with Crippen LogP contribution < -0.4 is 11.4 Å². The number of aliphatic hydroxyl groups is 2. The highest BCUT2D eigenvalue weighted by atomic mass is 19.1. The largest absolute Gasteiger partial charge is 0.394 e. The van der Waals surface area contributed by atoms with Crippen molar-refractivity contribution in [3.05, 3.63) is 22.7 Å². The van der Waals surface area contributed by atoms with Crippen LogP contribution in [0, 0.1) is 0 Å². The fourth-order valence-electron chi connectivity index (χ4n) is 1.55. The molecule has 1 aromatic rings. The van der Waals surface area contributed by atoms with E-state index in [0.717, 1.165) is 11.5 Å². The van der Waals surface area contributed by atoms with Gasteiger partial charge in [-0.25, -0.2) is 9.18 Å². The minimum atomic E-state index is -1.56. The average molecular weight is 275 g/mol. The number of nitrogens with two attached hydrogens (primary N) is 1. The van der Waals surface area contributed by atoms with Crippen molar-refractivity contribution < 1.29 is 19.3 Å². The van der Waals surface area contributed by atoms with E-state index in [1.54, 1.807) is 0 Å². The maximum absolute atomic E-state index is 13.0. The Bertz CT molecular complexity index is 465. The van der Waals surface area contributed by atoms with Gasteiger partial charge in [0.15, 0.2) is 0 Å². The topological polar surface area (TPSA) is 111 Å². The molecule has 0 saturated heterocycles. The molecule has 0 saturated carbocycles. The summed E-state index contributed by atoms with van der Waals surface area (Å²) in [5.74, 6) is 0.0737. The maximum Gasteiger partial charge on any atom is 0.351 e. The monoisotopic (exact) mass is 275 g/mol. The summed E-state index contributed by atoms with van der Waals surface area (Å²) < 4.78 is 19.4. The van der Waals surface area contributed by atoms with Crippen LogP contribution in [0.3, 0.4) is 0 Å². The normalized spacial score (nSPS) is 17.7. The Morgan fingerprint density at radius 2 is 2.21 bits per heavy atom. The van der Waals surface area contributed by atoms with Gasteiger partial charge in [-0.05, 0) is 19.9 Å². The molecule has 0 aliphatic carbocycles. The van der Waals surface area contributed by atoms with Crippen LogP contribution in [-0.4, -0.2) is 44.8 Å². The van der Waals surface area contributed by atoms with Crippen LogP contribution in [-0.2, 0) is 4.74 Å². The molecule has 0 aliphatic rings. The van der Waals surface area contributed by atoms with E-state index in [1.165, 1.54) is 19.2 Å². The molecule has 0 aromatic carbocycles. The van der Waals surface area contributed by atoms with E-state index in [2.05, 4.69) is 4.98 Å². The van der Waals surface area contributed by atoms with Crippen molar-refractivity contribution in [2.24, 2.45) is 0 Å². The van der Waals surface area contributed by atoms with Crippen LogP contribution in [0.25, 0.3) is 0 Å². The molecule has 0 fully saturated rings. The number of hydrogen-bond acceptors (Lipinski definition) is 6. The number of aliphatic hydroxyl groups excluding tert-OH is 2. The summed E-state index contributed by atoms with van der Waals surface area (Å²) in [6, 6.07) is 1.41. The molecule has 1 aromatic heterocycles. The first-order valence-electron chi connectivity index (χ1n) is 5.80. The molecule has 0 aliphatic heterocycles. The first-order chi connectivity index (χ1) is 8.86. The smallest absolute Gasteiger partial charge is 0.351 e. The van der Waals surface area contributed by atoms with Crippen molar-refractivity contribution in [3.8, 4) is 0 Å². The predicted octanol–water partition coefficient (Wildman–Crippen LogP) is -0.560. The van der Waals surface area contributed by atoms with E-state index in [9.17, 15) is 14.3 Å². The van der Waals surface area contributed by atoms with Gasteiger partial charge in [0, 0.05) is 6.20 Å². The van der Waals surface area contributed by atoms with Gasteiger partial charge in [0.25, 0.3) is 0 Å². The third kappa shape index (κ3) is 3.98. The van der Waals surface area contributed by atoms with Crippen molar-refractivity contribution in [2.75, 3.05) is 12.3 Å². The number of alkyl halides is 1. The summed E-state index contributed by atoms with van der Waals surface area (Å²) in [7, 11) is 0. The lowest BCUT2D eigenvalue weighted by Gasteiger charge is -2.26. The molecule has 3 unspecified atom stereocenters. The van der Waals surface area contributed by atoms with E-state index in [0.29, 0.717) is 0 Å². The van der Waals surface area contributed by atoms with Crippen LogP contribution in [0.5, 0.6) is 0 Å². The SMILES string of the molecule is CC(F)C(O)C(CO)O[C@H](C)n1ccc(N)nc1=O. The van der Waals surface area contributed by atoms with Crippen molar-refractivity contribution in [2.45, 2.75) is 38.5 Å². The zero-order valence-corrected chi connectivity index (χ0v) is 10.7. The number of halogens is 1. The van der Waals surface area contributed by atoms with Gasteiger partial charge in [0.05, 0.1) is 6.61 Å². The molecule has 7 nitrogen and oxygen atoms in total. The summed E-state index contributed by atoms with van der Waals surface area (Å²) in [5.41, 5.74) is 4.72. The zero-order chi connectivity index (χ0) is 14.6. The molecule has 8 heteroatoms. The minimum Gasteiger partial charge on any atom is -0.394 e. The molecule has 1 heterocycles. The van der Waals surface area contributed by atoms with E-state index >= 15 is 0 Å². The molecule has 19 heavy (non-hydrogen) atoms. The molecule has 1 rings (SSSR count). The Kier molecular flexibility index (Phi) is 5.40. The van der Waals surface area contributed by atoms with Crippen molar-refractivity contribution in [1.82, 2.24) is 9.55 Å². The van der Waals surface area contributed by atoms with Crippen LogP contribution in [0.1, 0.15) is 20.1 Å². The first kappa shape index (κ1) is 15.5. The Hall–Kier alpha value is -1.51. The summed E-state index contributed by atoms with van der Waals surface area (Å²) in [6.45, 7) is 2.09. The van der Waals surface area contributed by atoms with Gasteiger partial charge in [-0.3, -0.25) is 4.57 Å². The van der Waals surface area contributed by atoms with Crippen LogP contribution in [0.2, 0.25) is 0 Å². The van der Waals surface area contributed by atoms with E-state index in [-0.39, 0.29) is 5.82 Å². The highest BCUT2D eigenvalue weighted by molar-refractivity contribution is 5.23. The lowest BCUT2D eigenvalue weighted by atomic mass is 10.1. The van der Waals surface area contributed by atoms with E-state index < -0.39 is 36.9 Å². The van der Waals surface area contributed by atoms with Crippen molar-refractivity contribution in [3.63, 3.8) is 0 Å². The standard InChI is InChI=1S/C11H18FN3O4/c1-6(12)10(17)8(5-16)19-7(2)15-4-3-9(13)14-11(15)18/h3-4,6-8,10,16-17H,5H2,1-2H3,(H2,13,14,18)/t6?,7-,8?,10?/m1/s1. The van der Waals surface area contributed by atoms with Crippen molar-refractivity contribution in [1.29, 1.82) is 0 Å². The van der Waals surface area contributed by atoms with Crippen LogP contribution in [0.15, 0.2) is 17.1 Å². The molecule has 4 N–H and O–H groups in total. The number of nitrogens with zero attached hydrogens (tertiary/aromatic N) is 2. The summed E-state index contributed by atoms with van der Waals surface area (Å²) in [5, 5.41) is 18.6. The lowest BCUT2D eigenvalue weighted by Crippen LogP contribution is -2.40. The van der Waals surface area contributed by atoms with Crippen LogP contribution in [0.4, 0.5) is 10.2 Å². The maximum atomic E-state index is 13.0. The second-order valence-electron chi connectivity index (χ2n) is 4.17. The van der Waals surface area contributed by atoms with E-state index in [4.69, 9.17) is 15.6 Å². The molecule has 0 bridgehead atoms. The second kappa shape index (κ2) is 6.60. The first-order valence-corrected chi connectivity index (χ1v) is 5.80. The number of rotatable bonds is 6. The van der Waals surface area contributed by atoms with Gasteiger partial charge in [-0.15, -0.1) is 0 Å². The number of nitrogen functional groups attached to an aromatic ring is 1. The highest BCUT2D eigenvalue weighted by Crippen LogP contribution is 2.14. The fourth-order valence-corrected chi connectivity index (χ4v) is 1.55. The fraction of sp³-hybridized carbons (Fsp3) is 0.636. The predicted molar refractivity (Wildman–Crippen MR) is 66.2 cm³/mol. The quantitative estimate of drug-likeness (QED) is 0.642. The number of ether oxygens (including phenoxy) is 1. The van der Waals surface area contributed by atoms with Crippen LogP contribution >= 0.6 is 0 Å². The van der Waals surface area contributed by atoms with Gasteiger partial charge in [0.2, 0.25) is 0 Å². The van der Waals surface area contributed by atoms with Crippen molar-refractivity contribution >= 4 is 5.82 Å². The third-order valence-corrected chi connectivity index (χ3v) is 2.65. The summed E-state index contributed by atoms with van der Waals surface area (Å²) in [4.78, 5) is 15.1. The van der Waals surface area contributed by atoms with E-state index in [1.807, 2.05) is 0 Å². The minimum absolute atomic E-state index is 0.0737. The molecule has 0 radical (unpaired) electrons. The zero-order valence-electron chi connectivity index (χ0n) is 10.7. The Morgan fingerprint density at radius 1 is 1.58 bits per heavy atom. The Balaban J connectivity index is 2.82. The molecule has 108 valence electrons. The van der Waals surface area contributed by atoms with Gasteiger partial charge < -0.3 is 20.7 Å². The van der Waals surface area contributed by atoms with Gasteiger partial charge in [-0.2, -0.15) is 4.98 Å². The number of aromatic nitrogens is 2. The average Bonchev–Trinajstić information content (AvgIpc) is 2.34. The summed E-state index contributed by atoms with van der Waals surface area (Å²) >= 11 is 0. The van der Waals surface area contributed by atoms with Gasteiger partial charge in [0.1, 0.15) is 30.4 Å². The number of anilines is 1. The van der Waals surface area contributed by atoms with Gasteiger partial charge in [-0.1, -0.05) is 0 Å². The lowest BCUT2D eigenvalue weighted by molar-refractivity contribution is -0.132. The molecule has 4 atom stereocenters. The number of hydrogen-bond donors (Lipinski definition) is 3. The summed E-state index contributed by atoms with van der Waals surface area (Å²) in [6.07, 6.45) is -3.64. The molecular weight excluding hydrogens is 257 g/mol. The Labute approximate surface area is 109 Å². The molecule has 0 amide bonds. The van der Waals surface area contributed by atoms with Gasteiger partial charge >= 0.3 is 5.69 Å². The molecular formula is C11H18FN3O4. The second-order valence-corrected chi connectivity index (χ2v) is 4.17. The highest BCUT2D eigenvalue weighted by Gasteiger charge is 2.27. The molecule has 0 spiro atoms. The Morgan fingerprint density at radius 3 is 2.68 bits per heavy atom. The third-order valence-electron chi connectivity index (χ3n) is 2.65.